The zero-order valence-electron chi connectivity index (χ0n) is 17.8. The van der Waals surface area contributed by atoms with E-state index in [4.69, 9.17) is 5.10 Å². The minimum Gasteiger partial charge on any atom is -0.433 e. The molecule has 2 heterocycles. The number of ether oxygens (including phenoxy) is 1. The third-order valence-corrected chi connectivity index (χ3v) is 5.55. The van der Waals surface area contributed by atoms with Crippen LogP contribution in [0.1, 0.15) is 19.8 Å². The van der Waals surface area contributed by atoms with Gasteiger partial charge in [-0.15, -0.1) is 0 Å². The summed E-state index contributed by atoms with van der Waals surface area (Å²) in [7, 11) is 0. The van der Waals surface area contributed by atoms with Gasteiger partial charge in [-0.1, -0.05) is 30.3 Å². The van der Waals surface area contributed by atoms with Crippen molar-refractivity contribution in [1.29, 1.82) is 0 Å². The first-order chi connectivity index (χ1) is 16.0. The predicted molar refractivity (Wildman–Crippen MR) is 120 cm³/mol. The Bertz CT molecular complexity index is 1320. The number of hydrogen-bond acceptors (Lipinski definition) is 5. The van der Waals surface area contributed by atoms with Crippen molar-refractivity contribution in [3.8, 4) is 28.3 Å². The molecule has 0 saturated heterocycles. The lowest BCUT2D eigenvalue weighted by molar-refractivity contribution is -0.117. The molecule has 0 atom stereocenters. The fourth-order valence-corrected chi connectivity index (χ4v) is 3.74. The molecule has 5 rings (SSSR count). The van der Waals surface area contributed by atoms with Gasteiger partial charge in [-0.25, -0.2) is 9.97 Å². The number of nitrogens with zero attached hydrogens (tertiary/aromatic N) is 4. The highest BCUT2D eigenvalue weighted by Gasteiger charge is 2.30. The molecule has 0 radical (unpaired) electrons. The molecule has 0 aliphatic heterocycles. The third kappa shape index (κ3) is 4.26. The summed E-state index contributed by atoms with van der Waals surface area (Å²) in [6, 6.07) is 12.7. The Morgan fingerprint density at radius 1 is 1.18 bits per heavy atom. The Kier molecular flexibility index (Phi) is 5.45. The molecule has 1 saturated carbocycles. The number of fused-ring (bicyclic) bond motifs is 1. The van der Waals surface area contributed by atoms with Gasteiger partial charge in [0, 0.05) is 41.2 Å². The van der Waals surface area contributed by atoms with E-state index in [9.17, 15) is 13.6 Å². The number of benzene rings is 2. The van der Waals surface area contributed by atoms with Crippen molar-refractivity contribution in [2.45, 2.75) is 32.9 Å². The van der Waals surface area contributed by atoms with Gasteiger partial charge in [0.1, 0.15) is 12.0 Å². The maximum absolute atomic E-state index is 13.1. The van der Waals surface area contributed by atoms with E-state index in [0.717, 1.165) is 29.7 Å². The highest BCUT2D eigenvalue weighted by atomic mass is 19.3. The molecule has 2 aromatic heterocycles. The van der Waals surface area contributed by atoms with E-state index in [-0.39, 0.29) is 23.3 Å². The molecule has 0 bridgehead atoms. The first-order valence-electron chi connectivity index (χ1n) is 10.7. The number of carbonyl (C=O) groups is 1. The van der Waals surface area contributed by atoms with E-state index in [1.165, 1.54) is 12.4 Å². The summed E-state index contributed by atoms with van der Waals surface area (Å²) >= 11 is 0. The normalized spacial score (nSPS) is 13.5. The molecule has 0 spiro atoms. The third-order valence-electron chi connectivity index (χ3n) is 5.55. The number of rotatable bonds is 7. The number of nitrogens with one attached hydrogen (secondary N) is 1. The molecule has 0 unspecified atom stereocenters. The van der Waals surface area contributed by atoms with Gasteiger partial charge in [-0.05, 0) is 25.8 Å². The molecule has 1 aliphatic rings. The highest BCUT2D eigenvalue weighted by molar-refractivity contribution is 6.02. The Morgan fingerprint density at radius 2 is 1.97 bits per heavy atom. The van der Waals surface area contributed by atoms with E-state index in [2.05, 4.69) is 20.0 Å². The van der Waals surface area contributed by atoms with Crippen LogP contribution in [0.3, 0.4) is 0 Å². The van der Waals surface area contributed by atoms with Crippen LogP contribution in [0.2, 0.25) is 0 Å². The number of alkyl halides is 2. The number of aryl methyl sites for hydroxylation is 1. The van der Waals surface area contributed by atoms with Crippen LogP contribution >= 0.6 is 0 Å². The number of anilines is 1. The van der Waals surface area contributed by atoms with Crippen LogP contribution in [-0.4, -0.2) is 32.3 Å². The largest absolute Gasteiger partial charge is 0.433 e. The van der Waals surface area contributed by atoms with Crippen LogP contribution in [0, 0.1) is 5.92 Å². The van der Waals surface area contributed by atoms with Gasteiger partial charge in [-0.3, -0.25) is 9.48 Å². The quantitative estimate of drug-likeness (QED) is 0.423. The van der Waals surface area contributed by atoms with Crippen molar-refractivity contribution in [3.63, 3.8) is 0 Å². The van der Waals surface area contributed by atoms with E-state index in [0.29, 0.717) is 23.1 Å². The molecule has 33 heavy (non-hydrogen) atoms. The van der Waals surface area contributed by atoms with Crippen molar-refractivity contribution < 1.29 is 18.3 Å². The maximum atomic E-state index is 13.1. The summed E-state index contributed by atoms with van der Waals surface area (Å²) in [5, 5.41) is 8.04. The summed E-state index contributed by atoms with van der Waals surface area (Å²) in [5.41, 5.74) is 3.62. The predicted octanol–water partition coefficient (Wildman–Crippen LogP) is 5.13. The SMILES string of the molecule is CCn1cc(-c2ncnc3cc(OC(F)F)c(NC(=O)C4CC4)cc23)c(-c2ccccc2)n1. The van der Waals surface area contributed by atoms with Crippen LogP contribution in [0.25, 0.3) is 33.4 Å². The number of aromatic nitrogens is 4. The second kappa shape index (κ2) is 8.57. The van der Waals surface area contributed by atoms with Gasteiger partial charge < -0.3 is 10.1 Å². The topological polar surface area (TPSA) is 81.9 Å². The lowest BCUT2D eigenvalue weighted by atomic mass is 10.0. The molecule has 1 amide bonds. The monoisotopic (exact) mass is 449 g/mol. The van der Waals surface area contributed by atoms with Gasteiger partial charge in [0.05, 0.1) is 16.9 Å². The van der Waals surface area contributed by atoms with Gasteiger partial charge in [0.2, 0.25) is 5.91 Å². The molecule has 9 heteroatoms. The van der Waals surface area contributed by atoms with Gasteiger partial charge in [0.25, 0.3) is 0 Å². The first kappa shape index (κ1) is 21.0. The van der Waals surface area contributed by atoms with Crippen molar-refractivity contribution >= 4 is 22.5 Å². The van der Waals surface area contributed by atoms with Crippen molar-refractivity contribution in [3.05, 3.63) is 55.0 Å². The van der Waals surface area contributed by atoms with Gasteiger partial charge >= 0.3 is 6.61 Å². The number of halogens is 2. The van der Waals surface area contributed by atoms with E-state index >= 15 is 0 Å². The fraction of sp³-hybridized carbons (Fsp3) is 0.250. The van der Waals surface area contributed by atoms with Crippen LogP contribution in [-0.2, 0) is 11.3 Å². The molecular formula is C24H21F2N5O2. The minimum atomic E-state index is -3.03. The fourth-order valence-electron chi connectivity index (χ4n) is 3.74. The van der Waals surface area contributed by atoms with Gasteiger partial charge in [0.15, 0.2) is 5.75 Å². The lowest BCUT2D eigenvalue weighted by Crippen LogP contribution is -2.15. The summed E-state index contributed by atoms with van der Waals surface area (Å²) in [6.45, 7) is -0.381. The Hall–Kier alpha value is -3.88. The number of amides is 1. The van der Waals surface area contributed by atoms with Crippen molar-refractivity contribution in [2.75, 3.05) is 5.32 Å². The first-order valence-corrected chi connectivity index (χ1v) is 10.7. The van der Waals surface area contributed by atoms with Crippen molar-refractivity contribution in [2.24, 2.45) is 5.92 Å². The number of carbonyl (C=O) groups excluding carboxylic acids is 1. The van der Waals surface area contributed by atoms with Crippen LogP contribution in [0.5, 0.6) is 5.75 Å². The molecule has 1 fully saturated rings. The molecule has 1 N–H and O–H groups in total. The highest BCUT2D eigenvalue weighted by Crippen LogP contribution is 2.39. The van der Waals surface area contributed by atoms with Crippen molar-refractivity contribution in [1.82, 2.24) is 19.7 Å². The molecular weight excluding hydrogens is 428 g/mol. The lowest BCUT2D eigenvalue weighted by Gasteiger charge is -2.14. The zero-order chi connectivity index (χ0) is 22.9. The Balaban J connectivity index is 1.68. The molecule has 4 aromatic rings. The van der Waals surface area contributed by atoms with E-state index < -0.39 is 6.61 Å². The van der Waals surface area contributed by atoms with Crippen LogP contribution in [0.4, 0.5) is 14.5 Å². The standard InChI is InChI=1S/C24H21F2N5O2/c1-2-31-12-17(21(30-31)14-6-4-3-5-7-14)22-16-10-19(29-23(32)15-8-9-15)20(33-24(25)26)11-18(16)27-13-28-22/h3-7,10-13,15,24H,2,8-9H2,1H3,(H,29,32). The van der Waals surface area contributed by atoms with Gasteiger partial charge in [-0.2, -0.15) is 13.9 Å². The minimum absolute atomic E-state index is 0.0981. The Morgan fingerprint density at radius 3 is 2.67 bits per heavy atom. The average Bonchev–Trinajstić information content (AvgIpc) is 3.58. The smallest absolute Gasteiger partial charge is 0.387 e. The molecule has 168 valence electrons. The summed E-state index contributed by atoms with van der Waals surface area (Å²) < 4.78 is 32.6. The zero-order valence-corrected chi connectivity index (χ0v) is 17.8. The molecule has 2 aromatic carbocycles. The summed E-state index contributed by atoms with van der Waals surface area (Å²) in [4.78, 5) is 21.1. The molecule has 1 aliphatic carbocycles. The number of hydrogen-bond donors (Lipinski definition) is 1. The van der Waals surface area contributed by atoms with Crippen LogP contribution in [0.15, 0.2) is 55.0 Å². The Labute approximate surface area is 188 Å². The van der Waals surface area contributed by atoms with E-state index in [1.54, 1.807) is 6.07 Å². The summed E-state index contributed by atoms with van der Waals surface area (Å²) in [6.07, 6.45) is 4.85. The van der Waals surface area contributed by atoms with E-state index in [1.807, 2.05) is 48.1 Å². The second-order valence-corrected chi connectivity index (χ2v) is 7.84. The molecule has 7 nitrogen and oxygen atoms in total. The van der Waals surface area contributed by atoms with Crippen LogP contribution < -0.4 is 10.1 Å². The summed E-state index contributed by atoms with van der Waals surface area (Å²) in [5.74, 6) is -0.446. The average molecular weight is 449 g/mol. The second-order valence-electron chi connectivity index (χ2n) is 7.84. The maximum Gasteiger partial charge on any atom is 0.387 e.